The third-order valence-corrected chi connectivity index (χ3v) is 3.20. The van der Waals surface area contributed by atoms with E-state index in [0.717, 1.165) is 5.56 Å². The number of aryl methyl sites for hydroxylation is 1. The number of rotatable bonds is 5. The highest BCUT2D eigenvalue weighted by atomic mass is 16.4. The van der Waals surface area contributed by atoms with Gasteiger partial charge in [-0.25, -0.2) is 0 Å². The van der Waals surface area contributed by atoms with Crippen molar-refractivity contribution in [2.45, 2.75) is 19.9 Å². The van der Waals surface area contributed by atoms with Crippen LogP contribution in [0.2, 0.25) is 0 Å². The second-order valence-electron chi connectivity index (χ2n) is 4.95. The Labute approximate surface area is 123 Å². The average molecular weight is 283 g/mol. The first kappa shape index (κ1) is 14.8. The highest BCUT2D eigenvalue weighted by molar-refractivity contribution is 6.12. The van der Waals surface area contributed by atoms with Crippen LogP contribution in [0.15, 0.2) is 48.5 Å². The van der Waals surface area contributed by atoms with E-state index in [0.29, 0.717) is 16.8 Å². The van der Waals surface area contributed by atoms with Crippen LogP contribution >= 0.6 is 0 Å². The van der Waals surface area contributed by atoms with Crippen molar-refractivity contribution in [3.8, 4) is 0 Å². The number of carbonyl (C=O) groups excluding carboxylic acids is 1. The van der Waals surface area contributed by atoms with Crippen LogP contribution in [0.4, 0.5) is 5.69 Å². The van der Waals surface area contributed by atoms with E-state index in [1.54, 1.807) is 43.3 Å². The second kappa shape index (κ2) is 6.22. The Morgan fingerprint density at radius 3 is 2.38 bits per heavy atom. The van der Waals surface area contributed by atoms with Gasteiger partial charge in [-0.15, -0.1) is 0 Å². The van der Waals surface area contributed by atoms with Gasteiger partial charge in [0.1, 0.15) is 6.04 Å². The van der Waals surface area contributed by atoms with Crippen LogP contribution in [0.1, 0.15) is 28.4 Å². The molecule has 2 aromatic carbocycles. The fourth-order valence-corrected chi connectivity index (χ4v) is 2.02. The Balaban J connectivity index is 2.39. The van der Waals surface area contributed by atoms with Crippen LogP contribution in [-0.4, -0.2) is 22.9 Å². The van der Waals surface area contributed by atoms with Gasteiger partial charge in [0.15, 0.2) is 5.78 Å². The summed E-state index contributed by atoms with van der Waals surface area (Å²) in [4.78, 5) is 23.5. The number of aliphatic carboxylic acids is 1. The van der Waals surface area contributed by atoms with Crippen molar-refractivity contribution in [2.24, 2.45) is 0 Å². The summed E-state index contributed by atoms with van der Waals surface area (Å²) in [6.07, 6.45) is 0. The molecule has 21 heavy (non-hydrogen) atoms. The van der Waals surface area contributed by atoms with Gasteiger partial charge in [-0.1, -0.05) is 36.4 Å². The molecule has 0 fully saturated rings. The fourth-order valence-electron chi connectivity index (χ4n) is 2.02. The molecule has 0 aliphatic heterocycles. The van der Waals surface area contributed by atoms with Crippen LogP contribution in [-0.2, 0) is 4.79 Å². The van der Waals surface area contributed by atoms with E-state index in [1.165, 1.54) is 0 Å². The van der Waals surface area contributed by atoms with E-state index in [-0.39, 0.29) is 5.78 Å². The molecule has 0 saturated heterocycles. The summed E-state index contributed by atoms with van der Waals surface area (Å²) in [7, 11) is 0. The number of carbonyl (C=O) groups is 2. The summed E-state index contributed by atoms with van der Waals surface area (Å²) in [6, 6.07) is 13.5. The van der Waals surface area contributed by atoms with Crippen LogP contribution in [0, 0.1) is 6.92 Å². The lowest BCUT2D eigenvalue weighted by Gasteiger charge is -2.15. The van der Waals surface area contributed by atoms with Gasteiger partial charge in [-0.2, -0.15) is 0 Å². The molecule has 2 N–H and O–H groups in total. The molecule has 108 valence electrons. The van der Waals surface area contributed by atoms with Crippen molar-refractivity contribution in [2.75, 3.05) is 5.32 Å². The van der Waals surface area contributed by atoms with Gasteiger partial charge < -0.3 is 10.4 Å². The SMILES string of the molecule is Cc1ccc(C(=O)c2ccccc2)c(N[C@@H](C)C(=O)O)c1. The van der Waals surface area contributed by atoms with E-state index in [2.05, 4.69) is 5.32 Å². The maximum atomic E-state index is 12.5. The third-order valence-electron chi connectivity index (χ3n) is 3.20. The van der Waals surface area contributed by atoms with Crippen molar-refractivity contribution in [3.63, 3.8) is 0 Å². The minimum atomic E-state index is -0.963. The van der Waals surface area contributed by atoms with Crippen molar-refractivity contribution in [3.05, 3.63) is 65.2 Å². The summed E-state index contributed by atoms with van der Waals surface area (Å²) in [6.45, 7) is 3.44. The molecule has 0 amide bonds. The minimum Gasteiger partial charge on any atom is -0.480 e. The van der Waals surface area contributed by atoms with E-state index in [4.69, 9.17) is 5.11 Å². The molecule has 0 saturated carbocycles. The van der Waals surface area contributed by atoms with Gasteiger partial charge >= 0.3 is 5.97 Å². The number of anilines is 1. The third kappa shape index (κ3) is 3.48. The lowest BCUT2D eigenvalue weighted by Crippen LogP contribution is -2.26. The van der Waals surface area contributed by atoms with E-state index >= 15 is 0 Å². The van der Waals surface area contributed by atoms with E-state index < -0.39 is 12.0 Å². The quantitative estimate of drug-likeness (QED) is 0.827. The smallest absolute Gasteiger partial charge is 0.325 e. The summed E-state index contributed by atoms with van der Waals surface area (Å²) in [5.74, 6) is -1.09. The van der Waals surface area contributed by atoms with Crippen LogP contribution in [0.3, 0.4) is 0 Å². The van der Waals surface area contributed by atoms with E-state index in [9.17, 15) is 9.59 Å². The Morgan fingerprint density at radius 2 is 1.76 bits per heavy atom. The summed E-state index contributed by atoms with van der Waals surface area (Å²) >= 11 is 0. The zero-order valence-corrected chi connectivity index (χ0v) is 12.0. The molecule has 0 spiro atoms. The fraction of sp³-hybridized carbons (Fsp3) is 0.176. The number of carboxylic acids is 1. The van der Waals surface area contributed by atoms with Gasteiger partial charge in [0.25, 0.3) is 0 Å². The molecule has 0 aliphatic rings. The maximum Gasteiger partial charge on any atom is 0.325 e. The van der Waals surface area contributed by atoms with Crippen LogP contribution in [0.5, 0.6) is 0 Å². The largest absolute Gasteiger partial charge is 0.480 e. The average Bonchev–Trinajstić information content (AvgIpc) is 2.47. The number of ketones is 1. The molecule has 4 heteroatoms. The number of benzene rings is 2. The predicted molar refractivity (Wildman–Crippen MR) is 81.8 cm³/mol. The molecule has 0 radical (unpaired) electrons. The zero-order chi connectivity index (χ0) is 15.4. The molecular formula is C17H17NO3. The first-order chi connectivity index (χ1) is 9.99. The maximum absolute atomic E-state index is 12.5. The number of hydrogen-bond donors (Lipinski definition) is 2. The predicted octanol–water partition coefficient (Wildman–Crippen LogP) is 3.11. The van der Waals surface area contributed by atoms with E-state index in [1.807, 2.05) is 19.1 Å². The van der Waals surface area contributed by atoms with Gasteiger partial charge in [-0.3, -0.25) is 9.59 Å². The van der Waals surface area contributed by atoms with Gasteiger partial charge in [-0.05, 0) is 31.5 Å². The van der Waals surface area contributed by atoms with Crippen molar-refractivity contribution in [1.29, 1.82) is 0 Å². The molecule has 2 rings (SSSR count). The Bertz CT molecular complexity index is 665. The highest BCUT2D eigenvalue weighted by Crippen LogP contribution is 2.22. The second-order valence-corrected chi connectivity index (χ2v) is 4.95. The molecular weight excluding hydrogens is 266 g/mol. The lowest BCUT2D eigenvalue weighted by atomic mass is 10.00. The Hall–Kier alpha value is -2.62. The standard InChI is InChI=1S/C17H17NO3/c1-11-8-9-14(15(10-11)18-12(2)17(20)21)16(19)13-6-4-3-5-7-13/h3-10,12,18H,1-2H3,(H,20,21)/t12-/m0/s1. The first-order valence-electron chi connectivity index (χ1n) is 6.69. The Morgan fingerprint density at radius 1 is 1.10 bits per heavy atom. The number of nitrogens with one attached hydrogen (secondary N) is 1. The number of carboxylic acid groups (broad SMARTS) is 1. The summed E-state index contributed by atoms with van der Waals surface area (Å²) < 4.78 is 0. The topological polar surface area (TPSA) is 66.4 Å². The highest BCUT2D eigenvalue weighted by Gasteiger charge is 2.17. The minimum absolute atomic E-state index is 0.129. The molecule has 0 heterocycles. The number of hydrogen-bond acceptors (Lipinski definition) is 3. The van der Waals surface area contributed by atoms with Gasteiger partial charge in [0, 0.05) is 16.8 Å². The Kier molecular flexibility index (Phi) is 4.38. The monoisotopic (exact) mass is 283 g/mol. The molecule has 0 bridgehead atoms. The van der Waals surface area contributed by atoms with Gasteiger partial charge in [0.05, 0.1) is 0 Å². The zero-order valence-electron chi connectivity index (χ0n) is 12.0. The van der Waals surface area contributed by atoms with Crippen LogP contribution in [0.25, 0.3) is 0 Å². The van der Waals surface area contributed by atoms with Crippen LogP contribution < -0.4 is 5.32 Å². The van der Waals surface area contributed by atoms with Crippen molar-refractivity contribution in [1.82, 2.24) is 0 Å². The molecule has 4 nitrogen and oxygen atoms in total. The molecule has 0 aliphatic carbocycles. The molecule has 0 unspecified atom stereocenters. The first-order valence-corrected chi connectivity index (χ1v) is 6.69. The van der Waals surface area contributed by atoms with Crippen molar-refractivity contribution >= 4 is 17.4 Å². The molecule has 2 aromatic rings. The molecule has 1 atom stereocenters. The van der Waals surface area contributed by atoms with Gasteiger partial charge in [0.2, 0.25) is 0 Å². The molecule has 0 aromatic heterocycles. The normalized spacial score (nSPS) is 11.7. The summed E-state index contributed by atoms with van der Waals surface area (Å²) in [5.41, 5.74) is 2.55. The van der Waals surface area contributed by atoms with Crippen molar-refractivity contribution < 1.29 is 14.7 Å². The summed E-state index contributed by atoms with van der Waals surface area (Å²) in [5, 5.41) is 11.9. The lowest BCUT2D eigenvalue weighted by molar-refractivity contribution is -0.137.